The molecule has 4 heteroatoms. The fourth-order valence-corrected chi connectivity index (χ4v) is 2.14. The van der Waals surface area contributed by atoms with Crippen molar-refractivity contribution in [1.29, 1.82) is 0 Å². The van der Waals surface area contributed by atoms with Gasteiger partial charge in [-0.2, -0.15) is 0 Å². The predicted molar refractivity (Wildman–Crippen MR) is 78.1 cm³/mol. The van der Waals surface area contributed by atoms with E-state index in [0.29, 0.717) is 19.0 Å². The first-order valence-corrected chi connectivity index (χ1v) is 6.87. The van der Waals surface area contributed by atoms with Gasteiger partial charge in [-0.25, -0.2) is 0 Å². The lowest BCUT2D eigenvalue weighted by molar-refractivity contribution is 0.104. The molecule has 1 aromatic heterocycles. The van der Waals surface area contributed by atoms with E-state index < -0.39 is 6.10 Å². The Morgan fingerprint density at radius 2 is 2.00 bits per heavy atom. The fraction of sp³-hybridized carbons (Fsp3) is 0.500. The van der Waals surface area contributed by atoms with Gasteiger partial charge in [0.05, 0.1) is 6.61 Å². The molecule has 0 saturated heterocycles. The largest absolute Gasteiger partial charge is 0.491 e. The maximum absolute atomic E-state index is 10.2. The quantitative estimate of drug-likeness (QED) is 0.822. The molecule has 0 aliphatic carbocycles. The Kier molecular flexibility index (Phi) is 4.68. The molecular weight excluding hydrogens is 256 g/mol. The van der Waals surface area contributed by atoms with Crippen LogP contribution in [0.4, 0.5) is 0 Å². The highest BCUT2D eigenvalue weighted by molar-refractivity contribution is 5.83. The van der Waals surface area contributed by atoms with Crippen LogP contribution in [0.5, 0.6) is 5.75 Å². The van der Waals surface area contributed by atoms with E-state index in [0.717, 1.165) is 22.3 Å². The number of aliphatic hydroxyl groups is 1. The van der Waals surface area contributed by atoms with Crippen LogP contribution in [-0.4, -0.2) is 25.4 Å². The van der Waals surface area contributed by atoms with Gasteiger partial charge in [0.2, 0.25) is 0 Å². The average molecular weight is 278 g/mol. The molecule has 0 bridgehead atoms. The van der Waals surface area contributed by atoms with Crippen LogP contribution >= 0.6 is 0 Å². The summed E-state index contributed by atoms with van der Waals surface area (Å²) in [6, 6.07) is 5.69. The van der Waals surface area contributed by atoms with Crippen LogP contribution in [0.15, 0.2) is 22.6 Å². The molecule has 1 atom stereocenters. The minimum atomic E-state index is -0.583. The second kappa shape index (κ2) is 6.29. The molecule has 1 N–H and O–H groups in total. The topological polar surface area (TPSA) is 51.8 Å². The highest BCUT2D eigenvalue weighted by Crippen LogP contribution is 2.34. The Hall–Kier alpha value is -1.52. The summed E-state index contributed by atoms with van der Waals surface area (Å²) in [6.07, 6.45) is -0.583. The Morgan fingerprint density at radius 3 is 2.65 bits per heavy atom. The highest BCUT2D eigenvalue weighted by atomic mass is 16.5. The maximum atomic E-state index is 10.2. The van der Waals surface area contributed by atoms with Gasteiger partial charge in [0.25, 0.3) is 0 Å². The molecule has 1 heterocycles. The van der Waals surface area contributed by atoms with Crippen molar-refractivity contribution in [3.8, 4) is 5.75 Å². The van der Waals surface area contributed by atoms with Crippen LogP contribution < -0.4 is 4.74 Å². The first kappa shape index (κ1) is 14.9. The lowest BCUT2D eigenvalue weighted by Gasteiger charge is -2.12. The van der Waals surface area contributed by atoms with Crippen LogP contribution in [0.25, 0.3) is 11.0 Å². The van der Waals surface area contributed by atoms with Crippen molar-refractivity contribution in [2.24, 2.45) is 5.92 Å². The van der Waals surface area contributed by atoms with Crippen LogP contribution in [-0.2, 0) is 4.74 Å². The molecule has 110 valence electrons. The Labute approximate surface area is 119 Å². The SMILES string of the molecule is COCCOc1ccc2oc(C(O)C(C)C)c(C)c2c1. The number of fused-ring (bicyclic) bond motifs is 1. The van der Waals surface area contributed by atoms with Gasteiger partial charge in [-0.1, -0.05) is 13.8 Å². The second-order valence-electron chi connectivity index (χ2n) is 5.28. The van der Waals surface area contributed by atoms with Crippen LogP contribution in [0.2, 0.25) is 0 Å². The van der Waals surface area contributed by atoms with Crippen molar-refractivity contribution >= 4 is 11.0 Å². The van der Waals surface area contributed by atoms with E-state index in [1.165, 1.54) is 0 Å². The summed E-state index contributed by atoms with van der Waals surface area (Å²) in [5.74, 6) is 1.54. The van der Waals surface area contributed by atoms with Gasteiger partial charge in [-0.05, 0) is 31.0 Å². The van der Waals surface area contributed by atoms with Gasteiger partial charge >= 0.3 is 0 Å². The first-order chi connectivity index (χ1) is 9.54. The summed E-state index contributed by atoms with van der Waals surface area (Å²) in [7, 11) is 1.65. The van der Waals surface area contributed by atoms with Crippen molar-refractivity contribution < 1.29 is 19.0 Å². The van der Waals surface area contributed by atoms with E-state index in [4.69, 9.17) is 13.9 Å². The normalized spacial score (nSPS) is 13.1. The van der Waals surface area contributed by atoms with E-state index >= 15 is 0 Å². The minimum Gasteiger partial charge on any atom is -0.491 e. The lowest BCUT2D eigenvalue weighted by atomic mass is 10.0. The number of methoxy groups -OCH3 is 1. The third-order valence-electron chi connectivity index (χ3n) is 3.40. The summed E-state index contributed by atoms with van der Waals surface area (Å²) < 4.78 is 16.3. The third-order valence-corrected chi connectivity index (χ3v) is 3.40. The Morgan fingerprint density at radius 1 is 1.25 bits per heavy atom. The summed E-state index contributed by atoms with van der Waals surface area (Å²) >= 11 is 0. The number of aryl methyl sites for hydroxylation is 1. The van der Waals surface area contributed by atoms with E-state index in [-0.39, 0.29) is 5.92 Å². The number of ether oxygens (including phenoxy) is 2. The number of hydrogen-bond acceptors (Lipinski definition) is 4. The monoisotopic (exact) mass is 278 g/mol. The Bertz CT molecular complexity index is 571. The van der Waals surface area contributed by atoms with Crippen LogP contribution in [0.1, 0.15) is 31.3 Å². The zero-order valence-corrected chi connectivity index (χ0v) is 12.5. The number of aliphatic hydroxyl groups excluding tert-OH is 1. The lowest BCUT2D eigenvalue weighted by Crippen LogP contribution is -2.05. The summed E-state index contributed by atoms with van der Waals surface area (Å²) in [5, 5.41) is 11.2. The van der Waals surface area contributed by atoms with Gasteiger partial charge in [-0.3, -0.25) is 0 Å². The van der Waals surface area contributed by atoms with Gasteiger partial charge in [0, 0.05) is 18.1 Å². The summed E-state index contributed by atoms with van der Waals surface area (Å²) in [5.41, 5.74) is 1.75. The molecule has 0 saturated carbocycles. The molecule has 4 nitrogen and oxygen atoms in total. The predicted octanol–water partition coefficient (Wildman–Crippen LogP) is 3.46. The zero-order chi connectivity index (χ0) is 14.7. The molecule has 2 rings (SSSR count). The fourth-order valence-electron chi connectivity index (χ4n) is 2.14. The van der Waals surface area contributed by atoms with E-state index in [1.54, 1.807) is 7.11 Å². The molecule has 0 spiro atoms. The summed E-state index contributed by atoms with van der Waals surface area (Å²) in [4.78, 5) is 0. The summed E-state index contributed by atoms with van der Waals surface area (Å²) in [6.45, 7) is 6.97. The smallest absolute Gasteiger partial charge is 0.136 e. The van der Waals surface area contributed by atoms with Gasteiger partial charge in [0.1, 0.15) is 29.8 Å². The molecular formula is C16H22O4. The first-order valence-electron chi connectivity index (χ1n) is 6.87. The van der Waals surface area contributed by atoms with Crippen molar-refractivity contribution in [3.05, 3.63) is 29.5 Å². The van der Waals surface area contributed by atoms with Crippen LogP contribution in [0.3, 0.4) is 0 Å². The molecule has 1 aromatic carbocycles. The van der Waals surface area contributed by atoms with E-state index in [9.17, 15) is 5.11 Å². The van der Waals surface area contributed by atoms with Crippen molar-refractivity contribution in [2.45, 2.75) is 26.9 Å². The number of furan rings is 1. The van der Waals surface area contributed by atoms with Crippen molar-refractivity contribution in [2.75, 3.05) is 20.3 Å². The highest BCUT2D eigenvalue weighted by Gasteiger charge is 2.21. The molecule has 0 aliphatic heterocycles. The molecule has 2 aromatic rings. The second-order valence-corrected chi connectivity index (χ2v) is 5.28. The number of benzene rings is 1. The third kappa shape index (κ3) is 2.97. The molecule has 0 aliphatic rings. The average Bonchev–Trinajstić information content (AvgIpc) is 2.75. The molecule has 1 unspecified atom stereocenters. The molecule has 20 heavy (non-hydrogen) atoms. The van der Waals surface area contributed by atoms with E-state index in [2.05, 4.69) is 0 Å². The standard InChI is InChI=1S/C16H22O4/c1-10(2)15(17)16-11(3)13-9-12(19-8-7-18-4)5-6-14(13)20-16/h5-6,9-10,15,17H,7-8H2,1-4H3. The molecule has 0 radical (unpaired) electrons. The van der Waals surface area contributed by atoms with Gasteiger partial charge in [0.15, 0.2) is 0 Å². The maximum Gasteiger partial charge on any atom is 0.136 e. The van der Waals surface area contributed by atoms with Crippen molar-refractivity contribution in [1.82, 2.24) is 0 Å². The van der Waals surface area contributed by atoms with Gasteiger partial charge in [-0.15, -0.1) is 0 Å². The number of hydrogen-bond donors (Lipinski definition) is 1. The minimum absolute atomic E-state index is 0.117. The molecule has 0 fully saturated rings. The van der Waals surface area contributed by atoms with Crippen molar-refractivity contribution in [3.63, 3.8) is 0 Å². The van der Waals surface area contributed by atoms with E-state index in [1.807, 2.05) is 39.0 Å². The number of rotatable bonds is 6. The molecule has 0 amide bonds. The Balaban J connectivity index is 2.30. The zero-order valence-electron chi connectivity index (χ0n) is 12.5. The van der Waals surface area contributed by atoms with Crippen LogP contribution in [0, 0.1) is 12.8 Å². The van der Waals surface area contributed by atoms with Gasteiger partial charge < -0.3 is 19.0 Å².